The van der Waals surface area contributed by atoms with Crippen LogP contribution in [-0.4, -0.2) is 11.3 Å². The summed E-state index contributed by atoms with van der Waals surface area (Å²) in [6.45, 7) is 8.39. The van der Waals surface area contributed by atoms with E-state index < -0.39 is 0 Å². The smallest absolute Gasteiger partial charge is 0.0650 e. The van der Waals surface area contributed by atoms with Crippen molar-refractivity contribution < 1.29 is 0 Å². The third-order valence-corrected chi connectivity index (χ3v) is 3.15. The van der Waals surface area contributed by atoms with Crippen LogP contribution in [0.15, 0.2) is 35.3 Å². The molecule has 0 spiro atoms. The molecule has 0 fully saturated rings. The zero-order valence-corrected chi connectivity index (χ0v) is 10.8. The Morgan fingerprint density at radius 2 is 1.88 bits per heavy atom. The Bertz CT molecular complexity index is 538. The Morgan fingerprint density at radius 3 is 2.47 bits per heavy atom. The molecule has 0 N–H and O–H groups in total. The van der Waals surface area contributed by atoms with Gasteiger partial charge in [-0.15, -0.1) is 0 Å². The largest absolute Gasteiger partial charge is 0.318 e. The number of nitrogens with zero attached hydrogens (tertiary/aromatic N) is 2. The standard InChI is InChI=1S/C14H15ClN2/c1-10-8-12(9-16-3)11(2)17(10)14-6-4-13(15)5-7-14/h4-8H,3,9H2,1-2H3. The van der Waals surface area contributed by atoms with Crippen LogP contribution < -0.4 is 0 Å². The first-order valence-corrected chi connectivity index (χ1v) is 5.87. The van der Waals surface area contributed by atoms with Crippen molar-refractivity contribution in [2.75, 3.05) is 0 Å². The first-order valence-electron chi connectivity index (χ1n) is 5.49. The summed E-state index contributed by atoms with van der Waals surface area (Å²) in [5.41, 5.74) is 4.74. The summed E-state index contributed by atoms with van der Waals surface area (Å²) in [6.07, 6.45) is 0. The fourth-order valence-electron chi connectivity index (χ4n) is 2.10. The second-order valence-corrected chi connectivity index (χ2v) is 4.53. The number of aromatic nitrogens is 1. The minimum Gasteiger partial charge on any atom is -0.318 e. The second kappa shape index (κ2) is 4.76. The van der Waals surface area contributed by atoms with Crippen LogP contribution in [0.2, 0.25) is 5.02 Å². The molecule has 2 nitrogen and oxygen atoms in total. The molecule has 0 saturated carbocycles. The SMILES string of the molecule is C=NCc1cc(C)n(-c2ccc(Cl)cc2)c1C. The number of aliphatic imine (C=N–C) groups is 1. The highest BCUT2D eigenvalue weighted by Crippen LogP contribution is 2.22. The second-order valence-electron chi connectivity index (χ2n) is 4.09. The van der Waals surface area contributed by atoms with E-state index in [0.717, 1.165) is 10.7 Å². The zero-order valence-electron chi connectivity index (χ0n) is 10.1. The molecule has 0 bridgehead atoms. The van der Waals surface area contributed by atoms with Crippen LogP contribution in [0.25, 0.3) is 5.69 Å². The molecule has 1 aromatic carbocycles. The van der Waals surface area contributed by atoms with Crippen LogP contribution in [0.3, 0.4) is 0 Å². The summed E-state index contributed by atoms with van der Waals surface area (Å²) in [5.74, 6) is 0. The van der Waals surface area contributed by atoms with Gasteiger partial charge in [-0.3, -0.25) is 4.99 Å². The minimum atomic E-state index is 0.660. The quantitative estimate of drug-likeness (QED) is 0.730. The van der Waals surface area contributed by atoms with E-state index in [2.05, 4.69) is 36.2 Å². The van der Waals surface area contributed by atoms with Gasteiger partial charge in [0.2, 0.25) is 0 Å². The van der Waals surface area contributed by atoms with Crippen molar-refractivity contribution in [3.05, 3.63) is 52.3 Å². The molecular weight excluding hydrogens is 232 g/mol. The van der Waals surface area contributed by atoms with E-state index in [9.17, 15) is 0 Å². The molecule has 1 aromatic heterocycles. The number of halogens is 1. The molecule has 0 aliphatic rings. The Labute approximate surface area is 107 Å². The average molecular weight is 247 g/mol. The van der Waals surface area contributed by atoms with Crippen LogP contribution >= 0.6 is 11.6 Å². The number of benzene rings is 1. The molecule has 0 aliphatic heterocycles. The Morgan fingerprint density at radius 1 is 1.24 bits per heavy atom. The molecular formula is C14H15ClN2. The van der Waals surface area contributed by atoms with E-state index in [1.54, 1.807) is 0 Å². The maximum absolute atomic E-state index is 5.90. The molecule has 0 unspecified atom stereocenters. The van der Waals surface area contributed by atoms with Gasteiger partial charge in [-0.1, -0.05) is 11.6 Å². The van der Waals surface area contributed by atoms with Gasteiger partial charge >= 0.3 is 0 Å². The summed E-state index contributed by atoms with van der Waals surface area (Å²) in [6, 6.07) is 10.0. The highest BCUT2D eigenvalue weighted by molar-refractivity contribution is 6.30. The van der Waals surface area contributed by atoms with Crippen LogP contribution in [-0.2, 0) is 6.54 Å². The highest BCUT2D eigenvalue weighted by atomic mass is 35.5. The zero-order chi connectivity index (χ0) is 12.4. The van der Waals surface area contributed by atoms with E-state index in [4.69, 9.17) is 11.6 Å². The lowest BCUT2D eigenvalue weighted by atomic mass is 10.2. The predicted octanol–water partition coefficient (Wildman–Crippen LogP) is 3.95. The molecule has 1 heterocycles. The van der Waals surface area contributed by atoms with Crippen LogP contribution in [0, 0.1) is 13.8 Å². The summed E-state index contributed by atoms with van der Waals surface area (Å²) >= 11 is 5.90. The van der Waals surface area contributed by atoms with Crippen LogP contribution in [0.1, 0.15) is 17.0 Å². The molecule has 0 atom stereocenters. The third kappa shape index (κ3) is 2.27. The lowest BCUT2D eigenvalue weighted by Crippen LogP contribution is -1.99. The topological polar surface area (TPSA) is 17.3 Å². The van der Waals surface area contributed by atoms with Crippen molar-refractivity contribution in [1.82, 2.24) is 4.57 Å². The molecule has 0 aliphatic carbocycles. The van der Waals surface area contributed by atoms with E-state index in [0.29, 0.717) is 6.54 Å². The maximum Gasteiger partial charge on any atom is 0.0650 e. The van der Waals surface area contributed by atoms with Crippen molar-refractivity contribution in [2.45, 2.75) is 20.4 Å². The predicted molar refractivity (Wildman–Crippen MR) is 73.5 cm³/mol. The van der Waals surface area contributed by atoms with E-state index in [-0.39, 0.29) is 0 Å². The normalized spacial score (nSPS) is 10.5. The van der Waals surface area contributed by atoms with E-state index in [1.807, 2.05) is 24.3 Å². The molecule has 17 heavy (non-hydrogen) atoms. The van der Waals surface area contributed by atoms with Gasteiger partial charge in [0.15, 0.2) is 0 Å². The Kier molecular flexibility index (Phi) is 3.34. The number of hydrogen-bond acceptors (Lipinski definition) is 1. The lowest BCUT2D eigenvalue weighted by molar-refractivity contribution is 0.945. The first kappa shape index (κ1) is 11.9. The van der Waals surface area contributed by atoms with Crippen molar-refractivity contribution in [2.24, 2.45) is 4.99 Å². The van der Waals surface area contributed by atoms with Gasteiger partial charge in [-0.05, 0) is 56.5 Å². The molecule has 2 rings (SSSR count). The fourth-order valence-corrected chi connectivity index (χ4v) is 2.22. The van der Waals surface area contributed by atoms with Gasteiger partial charge in [0, 0.05) is 22.1 Å². The summed E-state index contributed by atoms with van der Waals surface area (Å²) in [5, 5.41) is 0.754. The lowest BCUT2D eigenvalue weighted by Gasteiger charge is -2.09. The molecule has 0 radical (unpaired) electrons. The van der Waals surface area contributed by atoms with Crippen molar-refractivity contribution in [3.8, 4) is 5.69 Å². The first-order chi connectivity index (χ1) is 8.13. The monoisotopic (exact) mass is 246 g/mol. The number of hydrogen-bond donors (Lipinski definition) is 0. The molecule has 3 heteroatoms. The van der Waals surface area contributed by atoms with Gasteiger partial charge in [0.25, 0.3) is 0 Å². The van der Waals surface area contributed by atoms with Gasteiger partial charge in [0.05, 0.1) is 6.54 Å². The number of rotatable bonds is 3. The van der Waals surface area contributed by atoms with Crippen molar-refractivity contribution in [3.63, 3.8) is 0 Å². The van der Waals surface area contributed by atoms with Gasteiger partial charge in [-0.2, -0.15) is 0 Å². The van der Waals surface area contributed by atoms with Crippen molar-refractivity contribution in [1.29, 1.82) is 0 Å². The summed E-state index contributed by atoms with van der Waals surface area (Å²) in [4.78, 5) is 3.94. The van der Waals surface area contributed by atoms with Crippen LogP contribution in [0.4, 0.5) is 0 Å². The van der Waals surface area contributed by atoms with Gasteiger partial charge in [-0.25, -0.2) is 0 Å². The summed E-state index contributed by atoms with van der Waals surface area (Å²) < 4.78 is 2.21. The van der Waals surface area contributed by atoms with E-state index in [1.165, 1.54) is 17.0 Å². The number of aryl methyl sites for hydroxylation is 1. The molecule has 0 saturated heterocycles. The van der Waals surface area contributed by atoms with Crippen molar-refractivity contribution >= 4 is 18.3 Å². The van der Waals surface area contributed by atoms with Gasteiger partial charge < -0.3 is 4.57 Å². The average Bonchev–Trinajstić information content (AvgIpc) is 2.57. The molecule has 0 amide bonds. The maximum atomic E-state index is 5.90. The van der Waals surface area contributed by atoms with Gasteiger partial charge in [0.1, 0.15) is 0 Å². The van der Waals surface area contributed by atoms with E-state index >= 15 is 0 Å². The fraction of sp³-hybridized carbons (Fsp3) is 0.214. The Hall–Kier alpha value is -1.54. The molecule has 88 valence electrons. The third-order valence-electron chi connectivity index (χ3n) is 2.90. The highest BCUT2D eigenvalue weighted by Gasteiger charge is 2.09. The minimum absolute atomic E-state index is 0.660. The molecule has 2 aromatic rings. The summed E-state index contributed by atoms with van der Waals surface area (Å²) in [7, 11) is 0. The Balaban J connectivity index is 2.51. The van der Waals surface area contributed by atoms with Crippen LogP contribution in [0.5, 0.6) is 0 Å².